The minimum absolute atomic E-state index is 0.708. The normalized spacial score (nSPS) is 9.94. The Bertz CT molecular complexity index is 501. The number of aldehydes is 1. The summed E-state index contributed by atoms with van der Waals surface area (Å²) in [5.41, 5.74) is 3.09. The Balaban J connectivity index is 2.15. The van der Waals surface area contributed by atoms with Gasteiger partial charge < -0.3 is 4.74 Å². The van der Waals surface area contributed by atoms with Gasteiger partial charge in [0.1, 0.15) is 12.0 Å². The summed E-state index contributed by atoms with van der Waals surface area (Å²) in [5, 5.41) is 0. The summed E-state index contributed by atoms with van der Waals surface area (Å²) >= 11 is 0. The first-order valence-electron chi connectivity index (χ1n) is 5.49. The van der Waals surface area contributed by atoms with Crippen LogP contribution in [0.3, 0.4) is 0 Å². The second-order valence-electron chi connectivity index (χ2n) is 3.89. The summed E-state index contributed by atoms with van der Waals surface area (Å²) in [7, 11) is 1.66. The molecule has 0 bridgehead atoms. The van der Waals surface area contributed by atoms with E-state index >= 15 is 0 Å². The molecule has 2 nitrogen and oxygen atoms in total. The minimum atomic E-state index is 0.708. The predicted molar refractivity (Wildman–Crippen MR) is 67.6 cm³/mol. The van der Waals surface area contributed by atoms with Crippen molar-refractivity contribution >= 4 is 6.29 Å². The fourth-order valence-electron chi connectivity index (χ4n) is 1.73. The maximum Gasteiger partial charge on any atom is 0.150 e. The van der Waals surface area contributed by atoms with E-state index in [2.05, 4.69) is 6.07 Å². The Kier molecular flexibility index (Phi) is 3.55. The van der Waals surface area contributed by atoms with E-state index in [1.165, 1.54) is 11.1 Å². The largest absolute Gasteiger partial charge is 0.497 e. The second-order valence-corrected chi connectivity index (χ2v) is 3.89. The lowest BCUT2D eigenvalue weighted by Gasteiger charge is -2.04. The first kappa shape index (κ1) is 11.4. The summed E-state index contributed by atoms with van der Waals surface area (Å²) in [4.78, 5) is 10.5. The van der Waals surface area contributed by atoms with Crippen LogP contribution in [0.1, 0.15) is 21.5 Å². The Hall–Kier alpha value is -2.09. The molecule has 86 valence electrons. The third-order valence-electron chi connectivity index (χ3n) is 2.66. The molecule has 0 saturated carbocycles. The Labute approximate surface area is 101 Å². The van der Waals surface area contributed by atoms with E-state index in [9.17, 15) is 4.79 Å². The van der Waals surface area contributed by atoms with E-state index in [0.29, 0.717) is 5.56 Å². The van der Waals surface area contributed by atoms with Crippen molar-refractivity contribution in [2.75, 3.05) is 7.11 Å². The highest BCUT2D eigenvalue weighted by Gasteiger charge is 1.98. The van der Waals surface area contributed by atoms with Crippen molar-refractivity contribution in [3.63, 3.8) is 0 Å². The zero-order chi connectivity index (χ0) is 12.1. The van der Waals surface area contributed by atoms with Gasteiger partial charge in [0.15, 0.2) is 0 Å². The van der Waals surface area contributed by atoms with E-state index in [1.54, 1.807) is 7.11 Å². The van der Waals surface area contributed by atoms with Gasteiger partial charge in [-0.3, -0.25) is 4.79 Å². The van der Waals surface area contributed by atoms with Crippen molar-refractivity contribution in [1.29, 1.82) is 0 Å². The van der Waals surface area contributed by atoms with Crippen LogP contribution in [0.15, 0.2) is 48.5 Å². The molecule has 0 heterocycles. The van der Waals surface area contributed by atoms with Crippen LogP contribution >= 0.6 is 0 Å². The first-order valence-corrected chi connectivity index (χ1v) is 5.49. The molecule has 0 saturated heterocycles. The molecule has 2 aromatic carbocycles. The monoisotopic (exact) mass is 226 g/mol. The van der Waals surface area contributed by atoms with E-state index in [-0.39, 0.29) is 0 Å². The molecule has 0 aliphatic carbocycles. The molecule has 0 fully saturated rings. The summed E-state index contributed by atoms with van der Waals surface area (Å²) in [5.74, 6) is 0.868. The summed E-state index contributed by atoms with van der Waals surface area (Å²) < 4.78 is 5.18. The lowest BCUT2D eigenvalue weighted by molar-refractivity contribution is 0.112. The third-order valence-corrected chi connectivity index (χ3v) is 2.66. The van der Waals surface area contributed by atoms with Gasteiger partial charge in [-0.05, 0) is 29.7 Å². The standard InChI is InChI=1S/C15H14O2/c1-17-15-4-2-3-14(10-15)9-12-5-7-13(11-16)8-6-12/h2-8,10-11H,9H2,1H3. The fraction of sp³-hybridized carbons (Fsp3) is 0.133. The molecule has 2 aromatic rings. The number of ether oxygens (including phenoxy) is 1. The highest BCUT2D eigenvalue weighted by Crippen LogP contribution is 2.16. The molecular weight excluding hydrogens is 212 g/mol. The fourth-order valence-corrected chi connectivity index (χ4v) is 1.73. The third kappa shape index (κ3) is 2.94. The molecule has 0 N–H and O–H groups in total. The van der Waals surface area contributed by atoms with E-state index < -0.39 is 0 Å². The Morgan fingerprint density at radius 2 is 1.82 bits per heavy atom. The van der Waals surface area contributed by atoms with Crippen LogP contribution in [-0.4, -0.2) is 13.4 Å². The van der Waals surface area contributed by atoms with Gasteiger partial charge in [-0.2, -0.15) is 0 Å². The number of hydrogen-bond donors (Lipinski definition) is 0. The molecule has 0 atom stereocenters. The Morgan fingerprint density at radius 3 is 2.47 bits per heavy atom. The summed E-state index contributed by atoms with van der Waals surface area (Å²) in [6, 6.07) is 15.6. The average Bonchev–Trinajstić information content (AvgIpc) is 2.40. The molecular formula is C15H14O2. The van der Waals surface area contributed by atoms with Gasteiger partial charge >= 0.3 is 0 Å². The number of benzene rings is 2. The maximum atomic E-state index is 10.5. The first-order chi connectivity index (χ1) is 8.31. The molecule has 0 unspecified atom stereocenters. The number of carbonyl (C=O) groups excluding carboxylic acids is 1. The van der Waals surface area contributed by atoms with Gasteiger partial charge in [-0.1, -0.05) is 36.4 Å². The van der Waals surface area contributed by atoms with Crippen molar-refractivity contribution in [3.05, 3.63) is 65.2 Å². The maximum absolute atomic E-state index is 10.5. The van der Waals surface area contributed by atoms with Crippen LogP contribution in [0.2, 0.25) is 0 Å². The van der Waals surface area contributed by atoms with Crippen molar-refractivity contribution in [3.8, 4) is 5.75 Å². The van der Waals surface area contributed by atoms with Gasteiger partial charge in [-0.25, -0.2) is 0 Å². The molecule has 2 rings (SSSR count). The average molecular weight is 226 g/mol. The SMILES string of the molecule is COc1cccc(Cc2ccc(C=O)cc2)c1. The quantitative estimate of drug-likeness (QED) is 0.749. The molecule has 0 spiro atoms. The summed E-state index contributed by atoms with van der Waals surface area (Å²) in [6.07, 6.45) is 1.70. The van der Waals surface area contributed by atoms with Gasteiger partial charge in [0.2, 0.25) is 0 Å². The second kappa shape index (κ2) is 5.30. The van der Waals surface area contributed by atoms with E-state index in [1.807, 2.05) is 42.5 Å². The molecule has 17 heavy (non-hydrogen) atoms. The number of rotatable bonds is 4. The minimum Gasteiger partial charge on any atom is -0.497 e. The zero-order valence-electron chi connectivity index (χ0n) is 9.72. The van der Waals surface area contributed by atoms with Crippen LogP contribution in [0.25, 0.3) is 0 Å². The van der Waals surface area contributed by atoms with Crippen molar-refractivity contribution in [2.24, 2.45) is 0 Å². The molecule has 0 aliphatic rings. The van der Waals surface area contributed by atoms with Crippen LogP contribution in [0.4, 0.5) is 0 Å². The van der Waals surface area contributed by atoms with Gasteiger partial charge in [0.25, 0.3) is 0 Å². The van der Waals surface area contributed by atoms with Crippen LogP contribution in [0, 0.1) is 0 Å². The number of hydrogen-bond acceptors (Lipinski definition) is 2. The van der Waals surface area contributed by atoms with Gasteiger partial charge in [-0.15, -0.1) is 0 Å². The molecule has 0 radical (unpaired) electrons. The predicted octanol–water partition coefficient (Wildman–Crippen LogP) is 3.10. The van der Waals surface area contributed by atoms with Crippen LogP contribution in [0.5, 0.6) is 5.75 Å². The zero-order valence-corrected chi connectivity index (χ0v) is 9.72. The lowest BCUT2D eigenvalue weighted by Crippen LogP contribution is -1.90. The number of methoxy groups -OCH3 is 1. The highest BCUT2D eigenvalue weighted by molar-refractivity contribution is 5.74. The van der Waals surface area contributed by atoms with E-state index in [4.69, 9.17) is 4.74 Å². The van der Waals surface area contributed by atoms with Gasteiger partial charge in [0.05, 0.1) is 7.11 Å². The van der Waals surface area contributed by atoms with Crippen molar-refractivity contribution < 1.29 is 9.53 Å². The van der Waals surface area contributed by atoms with Crippen LogP contribution in [-0.2, 0) is 6.42 Å². The molecule has 2 heteroatoms. The number of carbonyl (C=O) groups is 1. The van der Waals surface area contributed by atoms with Crippen molar-refractivity contribution in [2.45, 2.75) is 6.42 Å². The molecule has 0 amide bonds. The summed E-state index contributed by atoms with van der Waals surface area (Å²) in [6.45, 7) is 0. The topological polar surface area (TPSA) is 26.3 Å². The van der Waals surface area contributed by atoms with E-state index in [0.717, 1.165) is 18.5 Å². The smallest absolute Gasteiger partial charge is 0.150 e. The van der Waals surface area contributed by atoms with Crippen LogP contribution < -0.4 is 4.74 Å². The van der Waals surface area contributed by atoms with Gasteiger partial charge in [0, 0.05) is 5.56 Å². The molecule has 0 aromatic heterocycles. The lowest BCUT2D eigenvalue weighted by atomic mass is 10.0. The van der Waals surface area contributed by atoms with Crippen molar-refractivity contribution in [1.82, 2.24) is 0 Å². The Morgan fingerprint density at radius 1 is 1.06 bits per heavy atom. The highest BCUT2D eigenvalue weighted by atomic mass is 16.5. The molecule has 0 aliphatic heterocycles.